The normalized spacial score (nSPS) is 0. The third-order valence-corrected chi connectivity index (χ3v) is 0. The number of hydrogen-bond acceptors (Lipinski definition) is 0. The Bertz CT molecular complexity index is 32.9. The van der Waals surface area contributed by atoms with Crippen LogP contribution in [0.5, 0.6) is 0 Å². The fourth-order valence-corrected chi connectivity index (χ4v) is 0. The van der Waals surface area contributed by atoms with Crippen molar-refractivity contribution in [2.75, 3.05) is 0 Å². The van der Waals surface area contributed by atoms with E-state index < -0.39 is 0 Å². The van der Waals surface area contributed by atoms with Crippen molar-refractivity contribution in [2.24, 2.45) is 0 Å². The topological polar surface area (TPSA) is 484 Å². The molecule has 0 atom stereocenters. The van der Waals surface area contributed by atoms with Crippen molar-refractivity contribution in [3.05, 3.63) is 0 Å². The molecule has 0 aliphatic carbocycles. The number of rotatable bonds is 0. The Morgan fingerprint density at radius 2 is 0.111 bits per heavy atom. The van der Waals surface area contributed by atoms with Gasteiger partial charge in [-0.25, -0.2) is 0 Å². The van der Waals surface area contributed by atoms with Crippen LogP contribution in [0.4, 0.5) is 0 Å². The molecule has 0 aromatic heterocycles. The first-order chi connectivity index (χ1) is 0. The molecule has 0 unspecified atom stereocenters. The van der Waals surface area contributed by atoms with Gasteiger partial charge in [0.05, 0.1) is 0 Å². The zero-order valence-electron chi connectivity index (χ0n) is 12.9. The van der Waals surface area contributed by atoms with E-state index in [0.29, 0.717) is 0 Å². The SMILES string of the molecule is [K+].[K+].[O-2].[O-2].[O-2].[O-2].[O-2].[O-2].[O-2].[O-2].[O-2].[O-2].[O-2].[O-2].[O-2].[O-2].[O-2].[O-2].[O-2].[Ti+4].[Ti+4].[Ti+4].[Ti+4].[Ti+4].[Ti+4].[Ti+4].[Ti+4]. The molecular weight excluding hydrogens is 733 g/mol. The molecule has 27 heteroatoms. The summed E-state index contributed by atoms with van der Waals surface area (Å²) in [6.07, 6.45) is 0. The van der Waals surface area contributed by atoms with Crippen molar-refractivity contribution < 1.29 is 370 Å². The van der Waals surface area contributed by atoms with Crippen LogP contribution in [0.25, 0.3) is 0 Å². The van der Waals surface area contributed by atoms with Crippen molar-refractivity contribution in [3.8, 4) is 0 Å². The third kappa shape index (κ3) is 519. The smallest absolute Gasteiger partial charge is 2.00 e. The van der Waals surface area contributed by atoms with E-state index in [1.54, 1.807) is 0 Å². The van der Waals surface area contributed by atoms with Crippen LogP contribution in [0, 0.1) is 0 Å². The Balaban J connectivity index is 0. The van der Waals surface area contributed by atoms with Gasteiger partial charge in [0, 0.05) is 0 Å². The summed E-state index contributed by atoms with van der Waals surface area (Å²) in [6.45, 7) is 0. The molecule has 0 saturated carbocycles. The molecule has 17 nitrogen and oxygen atoms in total. The van der Waals surface area contributed by atoms with Crippen molar-refractivity contribution in [1.82, 2.24) is 0 Å². The summed E-state index contributed by atoms with van der Waals surface area (Å²) in [5, 5.41) is 0. The van der Waals surface area contributed by atoms with Gasteiger partial charge < -0.3 is 93.1 Å². The summed E-state index contributed by atoms with van der Waals surface area (Å²) in [5.41, 5.74) is 0. The minimum absolute atomic E-state index is 0. The molecule has 0 rings (SSSR count). The van der Waals surface area contributed by atoms with Gasteiger partial charge in [0.1, 0.15) is 0 Å². The van der Waals surface area contributed by atoms with Crippen LogP contribution in [0.2, 0.25) is 0 Å². The zero-order chi connectivity index (χ0) is 0. The molecule has 0 bridgehead atoms. The predicted octanol–water partition coefficient (Wildman–Crippen LogP) is -8.03. The largest absolute Gasteiger partial charge is 4.00 e. The van der Waals surface area contributed by atoms with Gasteiger partial charge in [0.15, 0.2) is 0 Å². The molecule has 0 heterocycles. The molecule has 0 aliphatic rings. The molecule has 0 spiro atoms. The van der Waals surface area contributed by atoms with Gasteiger partial charge in [-0.05, 0) is 0 Å². The maximum atomic E-state index is 0. The molecule has 0 aliphatic heterocycles. The molecule has 0 fully saturated rings. The van der Waals surface area contributed by atoms with Gasteiger partial charge >= 0.3 is 277 Å². The van der Waals surface area contributed by atoms with E-state index in [2.05, 4.69) is 0 Å². The average molecular weight is 733 g/mol. The first kappa shape index (κ1) is 602. The molecule has 0 saturated heterocycles. The molecule has 0 radical (unpaired) electrons. The van der Waals surface area contributed by atoms with Gasteiger partial charge in [0.25, 0.3) is 0 Å². The first-order valence-electron chi connectivity index (χ1n) is 0. The van der Waals surface area contributed by atoms with Gasteiger partial charge in [-0.15, -0.1) is 0 Å². The van der Waals surface area contributed by atoms with Gasteiger partial charge in [-0.2, -0.15) is 0 Å². The molecule has 27 heavy (non-hydrogen) atoms. The van der Waals surface area contributed by atoms with Crippen molar-refractivity contribution in [1.29, 1.82) is 0 Å². The van der Waals surface area contributed by atoms with Crippen molar-refractivity contribution >= 4 is 0 Å². The summed E-state index contributed by atoms with van der Waals surface area (Å²) in [6, 6.07) is 0. The monoisotopic (exact) mass is 733 g/mol. The van der Waals surface area contributed by atoms with E-state index in [1.807, 2.05) is 0 Å². The molecule has 0 amide bonds. The minimum Gasteiger partial charge on any atom is -2.00 e. The fourth-order valence-electron chi connectivity index (χ4n) is 0. The second-order valence-corrected chi connectivity index (χ2v) is 0. The second kappa shape index (κ2) is 552. The maximum absolute atomic E-state index is 0. The Morgan fingerprint density at radius 1 is 0.111 bits per heavy atom. The van der Waals surface area contributed by atoms with Gasteiger partial charge in [-0.3, -0.25) is 0 Å². The predicted molar refractivity (Wildman–Crippen MR) is 11.7 cm³/mol. The molecule has 0 N–H and O–H groups in total. The third-order valence-electron chi connectivity index (χ3n) is 0. The maximum Gasteiger partial charge on any atom is 4.00 e. The number of hydrogen-bond donors (Lipinski definition) is 0. The standard InChI is InChI=1S/2K.17O.8Ti/q2*+1;17*-2;8*+4. The van der Waals surface area contributed by atoms with E-state index >= 15 is 0 Å². The molecular formula is K2O17Ti8. The zero-order valence-corrected chi connectivity index (χ0v) is 31.7. The summed E-state index contributed by atoms with van der Waals surface area (Å²) in [4.78, 5) is 0. The summed E-state index contributed by atoms with van der Waals surface area (Å²) in [7, 11) is 0. The Hall–Kier alpha value is 8.31. The molecule has 0 aromatic carbocycles. The fraction of sp³-hybridized carbons (Fsp3) is 0. The van der Waals surface area contributed by atoms with Crippen molar-refractivity contribution in [2.45, 2.75) is 0 Å². The summed E-state index contributed by atoms with van der Waals surface area (Å²) >= 11 is 0. The van der Waals surface area contributed by atoms with Crippen LogP contribution in [-0.2, 0) is 267 Å². The van der Waals surface area contributed by atoms with Gasteiger partial charge in [0.2, 0.25) is 0 Å². The van der Waals surface area contributed by atoms with Crippen LogP contribution in [0.3, 0.4) is 0 Å². The summed E-state index contributed by atoms with van der Waals surface area (Å²) in [5.74, 6) is 0. The van der Waals surface area contributed by atoms with E-state index in [4.69, 9.17) is 0 Å². The first-order valence-corrected chi connectivity index (χ1v) is 0. The van der Waals surface area contributed by atoms with E-state index in [-0.39, 0.29) is 370 Å². The summed E-state index contributed by atoms with van der Waals surface area (Å²) < 4.78 is 0. The van der Waals surface area contributed by atoms with Crippen molar-refractivity contribution in [3.63, 3.8) is 0 Å². The minimum atomic E-state index is 0. The Labute approximate surface area is 360 Å². The van der Waals surface area contributed by atoms with Gasteiger partial charge in [-0.1, -0.05) is 0 Å². The van der Waals surface area contributed by atoms with Crippen LogP contribution in [-0.4, -0.2) is 0 Å². The Morgan fingerprint density at radius 3 is 0.111 bits per heavy atom. The van der Waals surface area contributed by atoms with Crippen LogP contribution >= 0.6 is 0 Å². The van der Waals surface area contributed by atoms with E-state index in [0.717, 1.165) is 0 Å². The van der Waals surface area contributed by atoms with Crippen LogP contribution in [0.1, 0.15) is 0 Å². The molecule has 136 valence electrons. The van der Waals surface area contributed by atoms with Crippen LogP contribution in [0.15, 0.2) is 0 Å². The quantitative estimate of drug-likeness (QED) is 0.209. The molecule has 0 aromatic rings. The van der Waals surface area contributed by atoms with E-state index in [1.165, 1.54) is 0 Å². The van der Waals surface area contributed by atoms with Crippen LogP contribution < -0.4 is 103 Å². The Kier molecular flexibility index (Phi) is 12300. The average Bonchev–Trinajstić information content (AvgIpc) is 0. The van der Waals surface area contributed by atoms with E-state index in [9.17, 15) is 0 Å². The second-order valence-electron chi connectivity index (χ2n) is 0.